The first-order chi connectivity index (χ1) is 10.8. The molecule has 6 nitrogen and oxygen atoms in total. The molecule has 0 spiro atoms. The maximum absolute atomic E-state index is 12.1. The van der Waals surface area contributed by atoms with Crippen LogP contribution in [0.2, 0.25) is 0 Å². The number of carbonyl (C=O) groups excluding carboxylic acids is 1. The van der Waals surface area contributed by atoms with Gasteiger partial charge in [0.1, 0.15) is 0 Å². The highest BCUT2D eigenvalue weighted by atomic mass is 32.2. The number of hydrogen-bond donors (Lipinski definition) is 2. The van der Waals surface area contributed by atoms with Gasteiger partial charge < -0.3 is 10.6 Å². The summed E-state index contributed by atoms with van der Waals surface area (Å²) in [6.45, 7) is 0.844. The highest BCUT2D eigenvalue weighted by Crippen LogP contribution is 2.18. The lowest BCUT2D eigenvalue weighted by Gasteiger charge is -2.17. The van der Waals surface area contributed by atoms with E-state index in [0.29, 0.717) is 6.42 Å². The van der Waals surface area contributed by atoms with Gasteiger partial charge in [-0.05, 0) is 50.6 Å². The standard InChI is InChI=1S/C15H23N5OS/c1-16-9-5-7-14(21)17-12(8-11-22-2)15-19-18-13-6-3-4-10-20(13)15/h3-4,6,10,12,16H,5,7-9,11H2,1-2H3,(H,17,21). The Hall–Kier alpha value is -1.60. The number of pyridine rings is 1. The zero-order chi connectivity index (χ0) is 15.8. The summed E-state index contributed by atoms with van der Waals surface area (Å²) in [6.07, 6.45) is 6.19. The predicted octanol–water partition coefficient (Wildman–Crippen LogP) is 1.64. The monoisotopic (exact) mass is 321 g/mol. The van der Waals surface area contributed by atoms with Crippen molar-refractivity contribution >= 4 is 23.3 Å². The van der Waals surface area contributed by atoms with Gasteiger partial charge in [0.15, 0.2) is 11.5 Å². The van der Waals surface area contributed by atoms with Crippen LogP contribution in [-0.2, 0) is 4.79 Å². The van der Waals surface area contributed by atoms with E-state index in [0.717, 1.165) is 36.6 Å². The van der Waals surface area contributed by atoms with E-state index >= 15 is 0 Å². The summed E-state index contributed by atoms with van der Waals surface area (Å²) in [5, 5.41) is 14.6. The molecule has 2 aromatic rings. The molecule has 1 unspecified atom stereocenters. The molecule has 2 aromatic heterocycles. The summed E-state index contributed by atoms with van der Waals surface area (Å²) >= 11 is 1.76. The number of fused-ring (bicyclic) bond motifs is 1. The summed E-state index contributed by atoms with van der Waals surface area (Å²) in [5.74, 6) is 1.82. The van der Waals surface area contributed by atoms with Crippen LogP contribution in [0.3, 0.4) is 0 Å². The van der Waals surface area contributed by atoms with E-state index in [4.69, 9.17) is 0 Å². The Labute approximate surface area is 135 Å². The van der Waals surface area contributed by atoms with E-state index in [1.807, 2.05) is 35.8 Å². The number of carbonyl (C=O) groups is 1. The molecule has 1 amide bonds. The van der Waals surface area contributed by atoms with Crippen LogP contribution < -0.4 is 10.6 Å². The number of amides is 1. The second-order valence-electron chi connectivity index (χ2n) is 5.10. The Morgan fingerprint density at radius 3 is 3.05 bits per heavy atom. The third kappa shape index (κ3) is 4.45. The van der Waals surface area contributed by atoms with Crippen molar-refractivity contribution in [3.8, 4) is 0 Å². The van der Waals surface area contributed by atoms with Crippen LogP contribution in [0, 0.1) is 0 Å². The van der Waals surface area contributed by atoms with Crippen LogP contribution in [0.25, 0.3) is 5.65 Å². The number of nitrogens with zero attached hydrogens (tertiary/aromatic N) is 3. The Morgan fingerprint density at radius 1 is 1.41 bits per heavy atom. The number of thioether (sulfide) groups is 1. The Balaban J connectivity index is 2.10. The second kappa shape index (κ2) is 8.75. The first kappa shape index (κ1) is 16.8. The molecule has 0 bridgehead atoms. The first-order valence-electron chi connectivity index (χ1n) is 7.49. The van der Waals surface area contributed by atoms with E-state index in [2.05, 4.69) is 27.1 Å². The normalized spacial score (nSPS) is 12.5. The van der Waals surface area contributed by atoms with Gasteiger partial charge in [-0.15, -0.1) is 10.2 Å². The summed E-state index contributed by atoms with van der Waals surface area (Å²) in [5.41, 5.74) is 0.802. The minimum Gasteiger partial charge on any atom is -0.346 e. The van der Waals surface area contributed by atoms with Gasteiger partial charge in [0, 0.05) is 12.6 Å². The lowest BCUT2D eigenvalue weighted by Crippen LogP contribution is -2.30. The van der Waals surface area contributed by atoms with Gasteiger partial charge in [-0.3, -0.25) is 9.20 Å². The lowest BCUT2D eigenvalue weighted by molar-refractivity contribution is -0.122. The fourth-order valence-corrected chi connectivity index (χ4v) is 2.76. The zero-order valence-corrected chi connectivity index (χ0v) is 13.9. The van der Waals surface area contributed by atoms with Gasteiger partial charge >= 0.3 is 0 Å². The van der Waals surface area contributed by atoms with Gasteiger partial charge in [0.2, 0.25) is 5.91 Å². The number of hydrogen-bond acceptors (Lipinski definition) is 5. The van der Waals surface area contributed by atoms with Gasteiger partial charge in [-0.25, -0.2) is 0 Å². The van der Waals surface area contributed by atoms with Crippen LogP contribution in [0.15, 0.2) is 24.4 Å². The molecule has 0 saturated carbocycles. The van der Waals surface area contributed by atoms with E-state index in [-0.39, 0.29) is 11.9 Å². The van der Waals surface area contributed by atoms with Crippen molar-refractivity contribution in [2.24, 2.45) is 0 Å². The summed E-state index contributed by atoms with van der Waals surface area (Å²) < 4.78 is 1.94. The van der Waals surface area contributed by atoms with Gasteiger partial charge in [0.05, 0.1) is 6.04 Å². The minimum atomic E-state index is -0.105. The van der Waals surface area contributed by atoms with E-state index in [9.17, 15) is 4.79 Å². The lowest BCUT2D eigenvalue weighted by atomic mass is 10.2. The van der Waals surface area contributed by atoms with E-state index in [1.54, 1.807) is 11.8 Å². The molecule has 2 rings (SSSR count). The third-order valence-corrected chi connectivity index (χ3v) is 4.07. The van der Waals surface area contributed by atoms with Crippen molar-refractivity contribution in [2.75, 3.05) is 25.6 Å². The Bertz CT molecular complexity index is 600. The smallest absolute Gasteiger partial charge is 0.220 e. The number of nitrogens with one attached hydrogen (secondary N) is 2. The van der Waals surface area contributed by atoms with Gasteiger partial charge in [-0.2, -0.15) is 11.8 Å². The SMILES string of the molecule is CNCCCC(=O)NC(CCSC)c1nnc2ccccn12. The van der Waals surface area contributed by atoms with E-state index < -0.39 is 0 Å². The van der Waals surface area contributed by atoms with Crippen molar-refractivity contribution in [2.45, 2.75) is 25.3 Å². The molecule has 0 saturated heterocycles. The van der Waals surface area contributed by atoms with Crippen LogP contribution in [0.5, 0.6) is 0 Å². The molecule has 22 heavy (non-hydrogen) atoms. The van der Waals surface area contributed by atoms with Crippen LogP contribution in [-0.4, -0.2) is 46.1 Å². The molecule has 1 atom stereocenters. The molecular weight excluding hydrogens is 298 g/mol. The molecule has 0 aliphatic heterocycles. The number of rotatable bonds is 9. The topological polar surface area (TPSA) is 71.3 Å². The molecule has 2 heterocycles. The largest absolute Gasteiger partial charge is 0.346 e. The van der Waals surface area contributed by atoms with Crippen molar-refractivity contribution in [1.29, 1.82) is 0 Å². The molecule has 0 aliphatic rings. The fourth-order valence-electron chi connectivity index (χ4n) is 2.29. The number of aromatic nitrogens is 3. The van der Waals surface area contributed by atoms with Gasteiger partial charge in [0.25, 0.3) is 0 Å². The maximum atomic E-state index is 12.1. The second-order valence-corrected chi connectivity index (χ2v) is 6.08. The van der Waals surface area contributed by atoms with Crippen molar-refractivity contribution in [1.82, 2.24) is 25.2 Å². The molecule has 0 fully saturated rings. The van der Waals surface area contributed by atoms with Crippen LogP contribution in [0.4, 0.5) is 0 Å². The molecule has 0 radical (unpaired) electrons. The van der Waals surface area contributed by atoms with E-state index in [1.165, 1.54) is 0 Å². The Morgan fingerprint density at radius 2 is 2.27 bits per heavy atom. The highest BCUT2D eigenvalue weighted by Gasteiger charge is 2.19. The van der Waals surface area contributed by atoms with Crippen LogP contribution >= 0.6 is 11.8 Å². The Kier molecular flexibility index (Phi) is 6.67. The molecule has 2 N–H and O–H groups in total. The summed E-state index contributed by atoms with van der Waals surface area (Å²) in [6, 6.07) is 5.69. The van der Waals surface area contributed by atoms with Crippen molar-refractivity contribution < 1.29 is 4.79 Å². The zero-order valence-electron chi connectivity index (χ0n) is 13.1. The first-order valence-corrected chi connectivity index (χ1v) is 8.88. The van der Waals surface area contributed by atoms with Crippen molar-refractivity contribution in [3.63, 3.8) is 0 Å². The maximum Gasteiger partial charge on any atom is 0.220 e. The highest BCUT2D eigenvalue weighted by molar-refractivity contribution is 7.98. The molecular formula is C15H23N5OS. The van der Waals surface area contributed by atoms with Gasteiger partial charge in [-0.1, -0.05) is 6.07 Å². The average Bonchev–Trinajstić information content (AvgIpc) is 2.95. The minimum absolute atomic E-state index is 0.0639. The quantitative estimate of drug-likeness (QED) is 0.687. The fraction of sp³-hybridized carbons (Fsp3) is 0.533. The molecule has 0 aromatic carbocycles. The molecule has 0 aliphatic carbocycles. The predicted molar refractivity (Wildman–Crippen MR) is 90.0 cm³/mol. The summed E-state index contributed by atoms with van der Waals surface area (Å²) in [4.78, 5) is 12.1. The van der Waals surface area contributed by atoms with Crippen molar-refractivity contribution in [3.05, 3.63) is 30.2 Å². The third-order valence-electron chi connectivity index (χ3n) is 3.43. The summed E-state index contributed by atoms with van der Waals surface area (Å²) in [7, 11) is 1.89. The van der Waals surface area contributed by atoms with Crippen LogP contribution in [0.1, 0.15) is 31.1 Å². The molecule has 7 heteroatoms. The molecule has 120 valence electrons. The average molecular weight is 321 g/mol.